The highest BCUT2D eigenvalue weighted by molar-refractivity contribution is 6.04. The lowest BCUT2D eigenvalue weighted by Crippen LogP contribution is -2.35. The first-order valence-electron chi connectivity index (χ1n) is 7.87. The van der Waals surface area contributed by atoms with Crippen LogP contribution in [0.3, 0.4) is 0 Å². The average Bonchev–Trinajstić information content (AvgIpc) is 3.19. The van der Waals surface area contributed by atoms with E-state index in [4.69, 9.17) is 4.84 Å². The molecule has 6 nitrogen and oxygen atoms in total. The van der Waals surface area contributed by atoms with Crippen LogP contribution in [0.1, 0.15) is 30.3 Å². The van der Waals surface area contributed by atoms with E-state index < -0.39 is 6.10 Å². The van der Waals surface area contributed by atoms with E-state index in [9.17, 15) is 9.18 Å². The maximum atomic E-state index is 13.8. The highest BCUT2D eigenvalue weighted by Crippen LogP contribution is 2.19. The summed E-state index contributed by atoms with van der Waals surface area (Å²) in [6.45, 7) is 5.00. The Hall–Kier alpha value is -2.70. The van der Waals surface area contributed by atoms with Gasteiger partial charge >= 0.3 is 0 Å². The number of hydrogen-bond donors (Lipinski definition) is 1. The van der Waals surface area contributed by atoms with Gasteiger partial charge in [-0.1, -0.05) is 23.4 Å². The standard InChI is InChI=1S/C17H19FN4O2/c1-3-22-12(8-11(2)20-22)10-19-17(23)16-9-15(21-24-16)13-6-4-5-7-14(13)18/h4-8,16H,3,9-10H2,1-2H3,(H,19,23). The van der Waals surface area contributed by atoms with E-state index in [1.165, 1.54) is 6.07 Å². The molecule has 1 amide bonds. The number of nitrogens with zero attached hydrogens (tertiary/aromatic N) is 3. The van der Waals surface area contributed by atoms with Crippen molar-refractivity contribution in [2.75, 3.05) is 0 Å². The first kappa shape index (κ1) is 16.2. The van der Waals surface area contributed by atoms with Gasteiger partial charge < -0.3 is 10.2 Å². The minimum Gasteiger partial charge on any atom is -0.382 e. The topological polar surface area (TPSA) is 68.5 Å². The molecule has 0 saturated carbocycles. The minimum atomic E-state index is -0.737. The lowest BCUT2D eigenvalue weighted by molar-refractivity contribution is -0.131. The maximum Gasteiger partial charge on any atom is 0.264 e. The van der Waals surface area contributed by atoms with Gasteiger partial charge in [0.2, 0.25) is 6.10 Å². The fraction of sp³-hybridized carbons (Fsp3) is 0.353. The SMILES string of the molecule is CCn1nc(C)cc1CNC(=O)C1CC(c2ccccc2F)=NO1. The number of oxime groups is 1. The van der Waals surface area contributed by atoms with Gasteiger partial charge in [0.05, 0.1) is 23.6 Å². The summed E-state index contributed by atoms with van der Waals surface area (Å²) in [6, 6.07) is 8.25. The van der Waals surface area contributed by atoms with Crippen LogP contribution in [-0.4, -0.2) is 27.5 Å². The van der Waals surface area contributed by atoms with Gasteiger partial charge in [-0.05, 0) is 26.0 Å². The molecule has 1 aliphatic rings. The predicted octanol–water partition coefficient (Wildman–Crippen LogP) is 2.16. The largest absolute Gasteiger partial charge is 0.382 e. The molecule has 0 radical (unpaired) electrons. The van der Waals surface area contributed by atoms with Crippen molar-refractivity contribution in [2.24, 2.45) is 5.16 Å². The summed E-state index contributed by atoms with van der Waals surface area (Å²) < 4.78 is 15.6. The molecule has 0 bridgehead atoms. The Balaban J connectivity index is 1.59. The molecule has 0 fully saturated rings. The number of carbonyl (C=O) groups is 1. The van der Waals surface area contributed by atoms with Crippen LogP contribution in [0.2, 0.25) is 0 Å². The van der Waals surface area contributed by atoms with Crippen LogP contribution in [0.4, 0.5) is 4.39 Å². The number of halogens is 1. The smallest absolute Gasteiger partial charge is 0.264 e. The van der Waals surface area contributed by atoms with Crippen molar-refractivity contribution < 1.29 is 14.0 Å². The van der Waals surface area contributed by atoms with Crippen molar-refractivity contribution in [3.05, 3.63) is 53.1 Å². The Labute approximate surface area is 139 Å². The van der Waals surface area contributed by atoms with E-state index in [-0.39, 0.29) is 18.1 Å². The fourth-order valence-corrected chi connectivity index (χ4v) is 2.68. The third-order valence-electron chi connectivity index (χ3n) is 3.87. The van der Waals surface area contributed by atoms with Gasteiger partial charge in [-0.15, -0.1) is 0 Å². The van der Waals surface area contributed by atoms with Crippen LogP contribution < -0.4 is 5.32 Å². The molecule has 1 N–H and O–H groups in total. The van der Waals surface area contributed by atoms with Crippen molar-refractivity contribution >= 4 is 11.6 Å². The summed E-state index contributed by atoms with van der Waals surface area (Å²) in [5.74, 6) is -0.644. The number of rotatable bonds is 5. The number of nitrogens with one attached hydrogen (secondary N) is 1. The second kappa shape index (κ2) is 6.82. The third kappa shape index (κ3) is 3.29. The van der Waals surface area contributed by atoms with Crippen LogP contribution in [-0.2, 0) is 22.7 Å². The number of aromatic nitrogens is 2. The van der Waals surface area contributed by atoms with Crippen LogP contribution in [0.5, 0.6) is 0 Å². The number of hydrogen-bond acceptors (Lipinski definition) is 4. The van der Waals surface area contributed by atoms with E-state index in [1.807, 2.05) is 24.6 Å². The lowest BCUT2D eigenvalue weighted by atomic mass is 10.0. The average molecular weight is 330 g/mol. The summed E-state index contributed by atoms with van der Waals surface area (Å²) in [5, 5.41) is 11.0. The van der Waals surface area contributed by atoms with Crippen molar-refractivity contribution in [1.29, 1.82) is 0 Å². The Kier molecular flexibility index (Phi) is 4.59. The summed E-state index contributed by atoms with van der Waals surface area (Å²) >= 11 is 0. The van der Waals surface area contributed by atoms with Crippen LogP contribution in [0.15, 0.2) is 35.5 Å². The minimum absolute atomic E-state index is 0.249. The quantitative estimate of drug-likeness (QED) is 0.913. The second-order valence-electron chi connectivity index (χ2n) is 5.63. The Bertz CT molecular complexity index is 785. The molecule has 1 unspecified atom stereocenters. The van der Waals surface area contributed by atoms with E-state index >= 15 is 0 Å². The summed E-state index contributed by atoms with van der Waals surface area (Å²) in [5.41, 5.74) is 2.65. The van der Waals surface area contributed by atoms with Gasteiger partial charge in [-0.3, -0.25) is 9.48 Å². The summed E-state index contributed by atoms with van der Waals surface area (Å²) in [6.07, 6.45) is -0.488. The molecule has 1 aromatic heterocycles. The van der Waals surface area contributed by atoms with Crippen LogP contribution >= 0.6 is 0 Å². The van der Waals surface area contributed by atoms with Crippen molar-refractivity contribution in [2.45, 2.75) is 39.5 Å². The number of benzene rings is 1. The molecule has 2 aromatic rings. The fourth-order valence-electron chi connectivity index (χ4n) is 2.68. The van der Waals surface area contributed by atoms with E-state index in [0.29, 0.717) is 17.8 Å². The number of carbonyl (C=O) groups excluding carboxylic acids is 1. The van der Waals surface area contributed by atoms with Gasteiger partial charge in [0.15, 0.2) is 0 Å². The predicted molar refractivity (Wildman–Crippen MR) is 86.9 cm³/mol. The first-order chi connectivity index (χ1) is 11.6. The molecule has 1 atom stereocenters. The summed E-state index contributed by atoms with van der Waals surface area (Å²) in [4.78, 5) is 17.4. The molecule has 126 valence electrons. The van der Waals surface area contributed by atoms with E-state index in [2.05, 4.69) is 15.6 Å². The van der Waals surface area contributed by atoms with Gasteiger partial charge in [0, 0.05) is 18.5 Å². The van der Waals surface area contributed by atoms with Crippen molar-refractivity contribution in [3.8, 4) is 0 Å². The molecule has 2 heterocycles. The molecular weight excluding hydrogens is 311 g/mol. The molecule has 0 spiro atoms. The molecule has 24 heavy (non-hydrogen) atoms. The molecule has 7 heteroatoms. The Morgan fingerprint density at radius 1 is 1.46 bits per heavy atom. The van der Waals surface area contributed by atoms with Gasteiger partial charge in [-0.2, -0.15) is 5.10 Å². The van der Waals surface area contributed by atoms with Crippen molar-refractivity contribution in [1.82, 2.24) is 15.1 Å². The highest BCUT2D eigenvalue weighted by atomic mass is 19.1. The van der Waals surface area contributed by atoms with Gasteiger partial charge in [0.25, 0.3) is 5.91 Å². The zero-order valence-electron chi connectivity index (χ0n) is 13.6. The zero-order chi connectivity index (χ0) is 17.1. The van der Waals surface area contributed by atoms with E-state index in [0.717, 1.165) is 17.9 Å². The number of aryl methyl sites for hydroxylation is 2. The molecule has 0 aliphatic carbocycles. The highest BCUT2D eigenvalue weighted by Gasteiger charge is 2.29. The van der Waals surface area contributed by atoms with Gasteiger partial charge in [-0.25, -0.2) is 4.39 Å². The lowest BCUT2D eigenvalue weighted by Gasteiger charge is -2.10. The number of amides is 1. The zero-order valence-corrected chi connectivity index (χ0v) is 13.6. The third-order valence-corrected chi connectivity index (χ3v) is 3.87. The Morgan fingerprint density at radius 3 is 3.00 bits per heavy atom. The second-order valence-corrected chi connectivity index (χ2v) is 5.63. The molecule has 0 saturated heterocycles. The van der Waals surface area contributed by atoms with Crippen LogP contribution in [0.25, 0.3) is 0 Å². The summed E-state index contributed by atoms with van der Waals surface area (Å²) in [7, 11) is 0. The molecular formula is C17H19FN4O2. The molecule has 1 aromatic carbocycles. The van der Waals surface area contributed by atoms with Crippen LogP contribution in [0, 0.1) is 12.7 Å². The van der Waals surface area contributed by atoms with Gasteiger partial charge in [0.1, 0.15) is 5.82 Å². The van der Waals surface area contributed by atoms with E-state index in [1.54, 1.807) is 18.2 Å². The van der Waals surface area contributed by atoms with Crippen molar-refractivity contribution in [3.63, 3.8) is 0 Å². The Morgan fingerprint density at radius 2 is 2.25 bits per heavy atom. The first-order valence-corrected chi connectivity index (χ1v) is 7.87. The normalized spacial score (nSPS) is 16.6. The molecule has 3 rings (SSSR count). The maximum absolute atomic E-state index is 13.8. The molecule has 1 aliphatic heterocycles. The monoisotopic (exact) mass is 330 g/mol.